The van der Waals surface area contributed by atoms with E-state index in [9.17, 15) is 0 Å². The van der Waals surface area contributed by atoms with Gasteiger partial charge in [0.05, 0.1) is 11.9 Å². The minimum absolute atomic E-state index is 0.755. The van der Waals surface area contributed by atoms with E-state index in [-0.39, 0.29) is 0 Å². The van der Waals surface area contributed by atoms with Crippen LogP contribution in [0.3, 0.4) is 0 Å². The Kier molecular flexibility index (Phi) is 2.52. The van der Waals surface area contributed by atoms with Gasteiger partial charge in [0.15, 0.2) is 5.82 Å². The van der Waals surface area contributed by atoms with Crippen LogP contribution in [0, 0.1) is 13.8 Å². The number of rotatable bonds is 2. The van der Waals surface area contributed by atoms with Crippen molar-refractivity contribution < 1.29 is 5.21 Å². The van der Waals surface area contributed by atoms with Crippen LogP contribution in [0.5, 0.6) is 0 Å². The zero-order chi connectivity index (χ0) is 11.7. The van der Waals surface area contributed by atoms with Crippen LogP contribution in [0.4, 0.5) is 0 Å². The fraction of sp³-hybridized carbons (Fsp3) is 0.273. The molecule has 0 unspecified atom stereocenters. The van der Waals surface area contributed by atoms with Gasteiger partial charge in [-0.15, -0.1) is 0 Å². The molecule has 0 aliphatic carbocycles. The maximum atomic E-state index is 8.51. The Morgan fingerprint density at radius 3 is 2.50 bits per heavy atom. The number of hydrogen-bond donors (Lipinski definition) is 1. The van der Waals surface area contributed by atoms with Crippen molar-refractivity contribution in [1.82, 2.24) is 14.3 Å². The molecule has 2 aromatic heterocycles. The zero-order valence-electron chi connectivity index (χ0n) is 9.55. The van der Waals surface area contributed by atoms with Crippen LogP contribution in [0.25, 0.3) is 5.82 Å². The Bertz CT molecular complexity index is 517. The predicted molar refractivity (Wildman–Crippen MR) is 61.4 cm³/mol. The maximum absolute atomic E-state index is 8.51. The summed E-state index contributed by atoms with van der Waals surface area (Å²) in [7, 11) is 1.81. The van der Waals surface area contributed by atoms with Crippen molar-refractivity contribution in [2.45, 2.75) is 13.8 Å². The highest BCUT2D eigenvalue weighted by atomic mass is 16.4. The molecule has 0 amide bonds. The van der Waals surface area contributed by atoms with E-state index in [1.54, 1.807) is 4.68 Å². The van der Waals surface area contributed by atoms with Crippen LogP contribution in [0.1, 0.15) is 17.1 Å². The molecule has 0 fully saturated rings. The lowest BCUT2D eigenvalue weighted by Gasteiger charge is -2.03. The zero-order valence-corrected chi connectivity index (χ0v) is 9.55. The minimum Gasteiger partial charge on any atom is -0.411 e. The third kappa shape index (κ3) is 1.60. The second-order valence-electron chi connectivity index (χ2n) is 3.75. The molecular weight excluding hydrogens is 204 g/mol. The second-order valence-corrected chi connectivity index (χ2v) is 3.75. The molecule has 0 saturated carbocycles. The average molecular weight is 218 g/mol. The van der Waals surface area contributed by atoms with Gasteiger partial charge in [0.25, 0.3) is 0 Å². The Balaban J connectivity index is 2.53. The molecule has 2 rings (SSSR count). The average Bonchev–Trinajstić information content (AvgIpc) is 2.73. The summed E-state index contributed by atoms with van der Waals surface area (Å²) < 4.78 is 3.72. The molecule has 0 aliphatic heterocycles. The van der Waals surface area contributed by atoms with Crippen LogP contribution in [-0.4, -0.2) is 25.8 Å². The third-order valence-corrected chi connectivity index (χ3v) is 2.59. The van der Waals surface area contributed by atoms with Gasteiger partial charge in [0.2, 0.25) is 0 Å². The van der Waals surface area contributed by atoms with Crippen molar-refractivity contribution in [3.8, 4) is 5.82 Å². The predicted octanol–water partition coefficient (Wildman–Crippen LogP) is 1.64. The van der Waals surface area contributed by atoms with Crippen molar-refractivity contribution in [3.05, 3.63) is 35.3 Å². The lowest BCUT2D eigenvalue weighted by atomic mass is 10.4. The van der Waals surface area contributed by atoms with E-state index in [0.717, 1.165) is 22.9 Å². The second kappa shape index (κ2) is 3.84. The summed E-state index contributed by atoms with van der Waals surface area (Å²) >= 11 is 0. The van der Waals surface area contributed by atoms with Crippen molar-refractivity contribution in [1.29, 1.82) is 0 Å². The van der Waals surface area contributed by atoms with Gasteiger partial charge in [-0.3, -0.25) is 4.68 Å². The summed E-state index contributed by atoms with van der Waals surface area (Å²) in [6.45, 7) is 4.06. The number of aromatic nitrogens is 3. The number of aryl methyl sites for hydroxylation is 3. The lowest BCUT2D eigenvalue weighted by Crippen LogP contribution is -2.01. The van der Waals surface area contributed by atoms with E-state index < -0.39 is 0 Å². The molecule has 0 atom stereocenters. The number of oxime groups is 1. The molecule has 16 heavy (non-hydrogen) atoms. The first-order valence-electron chi connectivity index (χ1n) is 5.00. The Hall–Kier alpha value is -2.04. The highest BCUT2D eigenvalue weighted by molar-refractivity contribution is 5.77. The molecule has 0 saturated heterocycles. The Morgan fingerprint density at radius 2 is 1.94 bits per heavy atom. The fourth-order valence-corrected chi connectivity index (χ4v) is 1.79. The van der Waals surface area contributed by atoms with Crippen molar-refractivity contribution in [2.75, 3.05) is 0 Å². The van der Waals surface area contributed by atoms with Crippen LogP contribution < -0.4 is 0 Å². The third-order valence-electron chi connectivity index (χ3n) is 2.59. The van der Waals surface area contributed by atoms with E-state index in [4.69, 9.17) is 5.21 Å². The van der Waals surface area contributed by atoms with E-state index in [1.165, 1.54) is 6.21 Å². The normalized spacial score (nSPS) is 11.4. The van der Waals surface area contributed by atoms with Crippen LogP contribution >= 0.6 is 0 Å². The monoisotopic (exact) mass is 218 g/mol. The molecule has 5 heteroatoms. The van der Waals surface area contributed by atoms with Gasteiger partial charge in [-0.25, -0.2) is 0 Å². The van der Waals surface area contributed by atoms with E-state index in [1.807, 2.05) is 39.1 Å². The topological polar surface area (TPSA) is 55.3 Å². The Labute approximate surface area is 93.6 Å². The molecule has 0 bridgehead atoms. The van der Waals surface area contributed by atoms with Gasteiger partial charge in [-0.2, -0.15) is 5.10 Å². The summed E-state index contributed by atoms with van der Waals surface area (Å²) in [5.41, 5.74) is 3.01. The molecule has 1 N–H and O–H groups in total. The van der Waals surface area contributed by atoms with Crippen LogP contribution in [-0.2, 0) is 7.05 Å². The van der Waals surface area contributed by atoms with Crippen molar-refractivity contribution in [3.63, 3.8) is 0 Å². The minimum atomic E-state index is 0.755. The van der Waals surface area contributed by atoms with Gasteiger partial charge in [0, 0.05) is 24.5 Å². The SMILES string of the molecule is Cc1ccc(C)n1-c1cc(C=NO)n(C)n1. The van der Waals surface area contributed by atoms with Crippen molar-refractivity contribution in [2.24, 2.45) is 12.2 Å². The first-order valence-corrected chi connectivity index (χ1v) is 5.00. The molecule has 2 heterocycles. The quantitative estimate of drug-likeness (QED) is 0.473. The molecule has 2 aromatic rings. The smallest absolute Gasteiger partial charge is 0.159 e. The highest BCUT2D eigenvalue weighted by Crippen LogP contribution is 2.15. The highest BCUT2D eigenvalue weighted by Gasteiger charge is 2.09. The summed E-state index contributed by atoms with van der Waals surface area (Å²) in [5, 5.41) is 15.9. The molecular formula is C11H14N4O. The first-order chi connectivity index (χ1) is 7.63. The molecule has 5 nitrogen and oxygen atoms in total. The molecule has 0 spiro atoms. The number of nitrogens with zero attached hydrogens (tertiary/aromatic N) is 4. The van der Waals surface area contributed by atoms with Crippen molar-refractivity contribution >= 4 is 6.21 Å². The Morgan fingerprint density at radius 1 is 1.31 bits per heavy atom. The fourth-order valence-electron chi connectivity index (χ4n) is 1.79. The van der Waals surface area contributed by atoms with Gasteiger partial charge < -0.3 is 9.77 Å². The first kappa shape index (κ1) is 10.5. The molecule has 0 aromatic carbocycles. The van der Waals surface area contributed by atoms with Gasteiger partial charge >= 0.3 is 0 Å². The van der Waals surface area contributed by atoms with Gasteiger partial charge in [-0.1, -0.05) is 5.16 Å². The van der Waals surface area contributed by atoms with E-state index in [2.05, 4.69) is 14.8 Å². The van der Waals surface area contributed by atoms with E-state index in [0.29, 0.717) is 0 Å². The summed E-state index contributed by atoms with van der Waals surface area (Å²) in [6.07, 6.45) is 1.37. The maximum Gasteiger partial charge on any atom is 0.159 e. The molecule has 0 radical (unpaired) electrons. The summed E-state index contributed by atoms with van der Waals surface area (Å²) in [5.74, 6) is 0.831. The van der Waals surface area contributed by atoms with Gasteiger partial charge in [-0.05, 0) is 26.0 Å². The summed E-state index contributed by atoms with van der Waals surface area (Å²) in [6, 6.07) is 5.97. The van der Waals surface area contributed by atoms with E-state index >= 15 is 0 Å². The van der Waals surface area contributed by atoms with Crippen LogP contribution in [0.2, 0.25) is 0 Å². The van der Waals surface area contributed by atoms with Crippen LogP contribution in [0.15, 0.2) is 23.4 Å². The lowest BCUT2D eigenvalue weighted by molar-refractivity contribution is 0.321. The molecule has 0 aliphatic rings. The standard InChI is InChI=1S/C11H14N4O/c1-8-4-5-9(2)15(8)11-6-10(7-12-16)14(3)13-11/h4-7,16H,1-3H3. The largest absolute Gasteiger partial charge is 0.411 e. The summed E-state index contributed by atoms with van der Waals surface area (Å²) in [4.78, 5) is 0. The number of hydrogen-bond acceptors (Lipinski definition) is 3. The molecule has 84 valence electrons. The van der Waals surface area contributed by atoms with Gasteiger partial charge in [0.1, 0.15) is 0 Å².